The fraction of sp³-hybridized carbons (Fsp3) is 0.158. The van der Waals surface area contributed by atoms with Gasteiger partial charge in [0.2, 0.25) is 5.91 Å². The van der Waals surface area contributed by atoms with Crippen LogP contribution in [-0.2, 0) is 17.8 Å². The van der Waals surface area contributed by atoms with E-state index < -0.39 is 0 Å². The number of halogens is 1. The van der Waals surface area contributed by atoms with Gasteiger partial charge in [-0.1, -0.05) is 36.7 Å². The van der Waals surface area contributed by atoms with E-state index in [9.17, 15) is 9.59 Å². The Morgan fingerprint density at radius 1 is 1.17 bits per heavy atom. The van der Waals surface area contributed by atoms with Crippen LogP contribution in [0.3, 0.4) is 0 Å². The second-order valence-corrected chi connectivity index (χ2v) is 5.96. The molecule has 0 spiro atoms. The van der Waals surface area contributed by atoms with E-state index in [1.165, 1.54) is 6.07 Å². The molecule has 0 bridgehead atoms. The molecule has 0 radical (unpaired) electrons. The molecular weight excluding hydrogens is 324 g/mol. The van der Waals surface area contributed by atoms with Crippen molar-refractivity contribution in [1.29, 1.82) is 0 Å². The van der Waals surface area contributed by atoms with Crippen LogP contribution in [0.5, 0.6) is 0 Å². The number of carbonyl (C=O) groups excluding carboxylic acids is 1. The highest BCUT2D eigenvalue weighted by Crippen LogP contribution is 2.18. The monoisotopic (exact) mass is 340 g/mol. The van der Waals surface area contributed by atoms with Crippen molar-refractivity contribution in [3.8, 4) is 0 Å². The van der Waals surface area contributed by atoms with Gasteiger partial charge >= 0.3 is 0 Å². The van der Waals surface area contributed by atoms with Crippen LogP contribution in [0.25, 0.3) is 10.9 Å². The molecule has 0 atom stereocenters. The van der Waals surface area contributed by atoms with Crippen molar-refractivity contribution in [2.24, 2.45) is 0 Å². The molecule has 3 rings (SSSR count). The molecule has 2 aromatic carbocycles. The fourth-order valence-corrected chi connectivity index (χ4v) is 2.88. The summed E-state index contributed by atoms with van der Waals surface area (Å²) in [5, 5.41) is 4.00. The molecule has 3 aromatic rings. The summed E-state index contributed by atoms with van der Waals surface area (Å²) in [6.07, 6.45) is 2.46. The van der Waals surface area contributed by atoms with Crippen LogP contribution in [-0.4, -0.2) is 10.5 Å². The number of aromatic nitrogens is 1. The van der Waals surface area contributed by atoms with E-state index in [-0.39, 0.29) is 17.9 Å². The summed E-state index contributed by atoms with van der Waals surface area (Å²) in [4.78, 5) is 24.4. The van der Waals surface area contributed by atoms with Crippen LogP contribution in [0.2, 0.25) is 5.02 Å². The molecule has 1 N–H and O–H groups in total. The number of aryl methyl sites for hydroxylation is 1. The lowest BCUT2D eigenvalue weighted by Gasteiger charge is -2.13. The molecular formula is C19H17ClN2O2. The first-order chi connectivity index (χ1) is 11.6. The number of anilines is 1. The summed E-state index contributed by atoms with van der Waals surface area (Å²) in [6.45, 7) is 2.15. The van der Waals surface area contributed by atoms with Crippen LogP contribution in [0, 0.1) is 0 Å². The highest BCUT2D eigenvalue weighted by molar-refractivity contribution is 6.31. The predicted octanol–water partition coefficient (Wildman–Crippen LogP) is 3.86. The van der Waals surface area contributed by atoms with Crippen LogP contribution in [0.15, 0.2) is 59.5 Å². The number of para-hydroxylation sites is 1. The molecule has 24 heavy (non-hydrogen) atoms. The highest BCUT2D eigenvalue weighted by Gasteiger charge is 2.09. The second kappa shape index (κ2) is 6.89. The van der Waals surface area contributed by atoms with Crippen LogP contribution in [0.1, 0.15) is 12.5 Å². The van der Waals surface area contributed by atoms with E-state index in [1.807, 2.05) is 31.2 Å². The number of nitrogens with zero attached hydrogens (tertiary/aromatic N) is 1. The molecule has 1 aromatic heterocycles. The Bertz CT molecular complexity index is 963. The number of amides is 1. The lowest BCUT2D eigenvalue weighted by atomic mass is 10.1. The predicted molar refractivity (Wildman–Crippen MR) is 97.7 cm³/mol. The van der Waals surface area contributed by atoms with Gasteiger partial charge in [-0.25, -0.2) is 0 Å². The molecule has 122 valence electrons. The van der Waals surface area contributed by atoms with Crippen LogP contribution >= 0.6 is 11.6 Å². The second-order valence-electron chi connectivity index (χ2n) is 5.53. The third-order valence-corrected chi connectivity index (χ3v) is 4.16. The van der Waals surface area contributed by atoms with E-state index in [0.717, 1.165) is 17.7 Å². The van der Waals surface area contributed by atoms with Crippen molar-refractivity contribution in [2.75, 3.05) is 5.32 Å². The smallest absolute Gasteiger partial charge is 0.244 e. The average Bonchev–Trinajstić information content (AvgIpc) is 2.58. The number of benzene rings is 2. The van der Waals surface area contributed by atoms with Crippen molar-refractivity contribution >= 4 is 34.1 Å². The van der Waals surface area contributed by atoms with E-state index >= 15 is 0 Å². The van der Waals surface area contributed by atoms with Crippen molar-refractivity contribution in [3.05, 3.63) is 75.5 Å². The molecule has 4 nitrogen and oxygen atoms in total. The highest BCUT2D eigenvalue weighted by atomic mass is 35.5. The topological polar surface area (TPSA) is 51.1 Å². The van der Waals surface area contributed by atoms with E-state index in [4.69, 9.17) is 11.6 Å². The van der Waals surface area contributed by atoms with Gasteiger partial charge in [0.25, 0.3) is 0 Å². The SMILES string of the molecule is CCc1ccccc1NC(=O)Cn1ccc(=O)c2ccc(Cl)cc21. The quantitative estimate of drug-likeness (QED) is 0.784. The molecule has 0 saturated carbocycles. The van der Waals surface area contributed by atoms with Gasteiger partial charge in [0.05, 0.1) is 5.52 Å². The Morgan fingerprint density at radius 2 is 1.96 bits per heavy atom. The van der Waals surface area contributed by atoms with Gasteiger partial charge in [0.1, 0.15) is 6.54 Å². The molecule has 1 heterocycles. The van der Waals surface area contributed by atoms with Gasteiger partial charge in [-0.3, -0.25) is 9.59 Å². The minimum atomic E-state index is -0.152. The zero-order valence-corrected chi connectivity index (χ0v) is 14.0. The molecule has 0 aliphatic carbocycles. The van der Waals surface area contributed by atoms with Crippen molar-refractivity contribution in [2.45, 2.75) is 19.9 Å². The number of carbonyl (C=O) groups is 1. The standard InChI is InChI=1S/C19H17ClN2O2/c1-2-13-5-3-4-6-16(13)21-19(24)12-22-10-9-18(23)15-8-7-14(20)11-17(15)22/h3-11H,2,12H2,1H3,(H,21,24). The molecule has 5 heteroatoms. The number of rotatable bonds is 4. The maximum Gasteiger partial charge on any atom is 0.244 e. The summed E-state index contributed by atoms with van der Waals surface area (Å²) in [5.74, 6) is -0.152. The van der Waals surface area contributed by atoms with Gasteiger partial charge in [-0.05, 0) is 36.2 Å². The Morgan fingerprint density at radius 3 is 2.75 bits per heavy atom. The minimum Gasteiger partial charge on any atom is -0.338 e. The Kier molecular flexibility index (Phi) is 4.67. The van der Waals surface area contributed by atoms with Gasteiger partial charge in [-0.15, -0.1) is 0 Å². The van der Waals surface area contributed by atoms with Crippen LogP contribution < -0.4 is 10.7 Å². The first-order valence-corrected chi connectivity index (χ1v) is 8.12. The first kappa shape index (κ1) is 16.3. The van der Waals surface area contributed by atoms with Gasteiger partial charge in [0, 0.05) is 28.4 Å². The summed E-state index contributed by atoms with van der Waals surface area (Å²) in [5.41, 5.74) is 2.45. The number of pyridine rings is 1. The zero-order valence-electron chi connectivity index (χ0n) is 13.3. The van der Waals surface area contributed by atoms with Crippen LogP contribution in [0.4, 0.5) is 5.69 Å². The molecule has 0 aliphatic heterocycles. The molecule has 0 unspecified atom stereocenters. The number of fused-ring (bicyclic) bond motifs is 1. The Hall–Kier alpha value is -2.59. The summed E-state index contributed by atoms with van der Waals surface area (Å²) >= 11 is 6.03. The molecule has 0 fully saturated rings. The first-order valence-electron chi connectivity index (χ1n) is 7.75. The molecule has 1 amide bonds. The summed E-state index contributed by atoms with van der Waals surface area (Å²) in [6, 6.07) is 14.2. The molecule has 0 aliphatic rings. The van der Waals surface area contributed by atoms with Crippen molar-refractivity contribution in [1.82, 2.24) is 4.57 Å². The minimum absolute atomic E-state index is 0.0883. The van der Waals surface area contributed by atoms with Gasteiger partial charge in [-0.2, -0.15) is 0 Å². The molecule has 0 saturated heterocycles. The van der Waals surface area contributed by atoms with E-state index in [1.54, 1.807) is 29.0 Å². The third kappa shape index (κ3) is 3.34. The largest absolute Gasteiger partial charge is 0.338 e. The third-order valence-electron chi connectivity index (χ3n) is 3.93. The Labute approximate surface area is 144 Å². The van der Waals surface area contributed by atoms with Crippen molar-refractivity contribution < 1.29 is 4.79 Å². The maximum absolute atomic E-state index is 12.4. The van der Waals surface area contributed by atoms with Crippen molar-refractivity contribution in [3.63, 3.8) is 0 Å². The zero-order chi connectivity index (χ0) is 17.1. The number of hydrogen-bond donors (Lipinski definition) is 1. The fourth-order valence-electron chi connectivity index (χ4n) is 2.71. The summed E-state index contributed by atoms with van der Waals surface area (Å²) < 4.78 is 1.73. The maximum atomic E-state index is 12.4. The lowest BCUT2D eigenvalue weighted by Crippen LogP contribution is -2.21. The average molecular weight is 341 g/mol. The van der Waals surface area contributed by atoms with Gasteiger partial charge in [0.15, 0.2) is 5.43 Å². The normalized spacial score (nSPS) is 10.8. The summed E-state index contributed by atoms with van der Waals surface area (Å²) in [7, 11) is 0. The van der Waals surface area contributed by atoms with Gasteiger partial charge < -0.3 is 9.88 Å². The number of hydrogen-bond acceptors (Lipinski definition) is 2. The Balaban J connectivity index is 1.90. The lowest BCUT2D eigenvalue weighted by molar-refractivity contribution is -0.116. The van der Waals surface area contributed by atoms with E-state index in [2.05, 4.69) is 5.32 Å². The van der Waals surface area contributed by atoms with E-state index in [0.29, 0.717) is 15.9 Å². The number of nitrogens with one attached hydrogen (secondary N) is 1.